The quantitative estimate of drug-likeness (QED) is 0.636. The summed E-state index contributed by atoms with van der Waals surface area (Å²) in [6.45, 7) is 1.89. The molecule has 0 atom stereocenters. The molecule has 2 aromatic rings. The lowest BCUT2D eigenvalue weighted by Crippen LogP contribution is -2.13. The van der Waals surface area contributed by atoms with E-state index in [1.807, 2.05) is 0 Å². The van der Waals surface area contributed by atoms with Crippen LogP contribution in [0.3, 0.4) is 0 Å². The number of esters is 1. The van der Waals surface area contributed by atoms with E-state index in [9.17, 15) is 13.2 Å². The van der Waals surface area contributed by atoms with Gasteiger partial charge < -0.3 is 13.9 Å². The Morgan fingerprint density at radius 3 is 2.36 bits per heavy atom. The number of benzene rings is 1. The van der Waals surface area contributed by atoms with Gasteiger partial charge in [-0.15, -0.1) is 0 Å². The molecule has 0 amide bonds. The largest absolute Gasteiger partial charge is 0.490 e. The number of carbonyl (C=O) groups excluding carboxylic acids is 1. The molecule has 0 aliphatic rings. The minimum Gasteiger partial charge on any atom is -0.490 e. The molecule has 0 aliphatic heterocycles. The van der Waals surface area contributed by atoms with Crippen molar-refractivity contribution in [3.8, 4) is 5.75 Å². The van der Waals surface area contributed by atoms with E-state index in [0.29, 0.717) is 11.5 Å². The van der Waals surface area contributed by atoms with Gasteiger partial charge in [0.2, 0.25) is 15.8 Å². The smallest absolute Gasteiger partial charge is 0.374 e. The van der Waals surface area contributed by atoms with Crippen molar-refractivity contribution < 1.29 is 27.1 Å². The average molecular weight is 325 g/mol. The van der Waals surface area contributed by atoms with Crippen LogP contribution in [-0.2, 0) is 14.8 Å². The summed E-state index contributed by atoms with van der Waals surface area (Å²) in [4.78, 5) is 11.6. The maximum Gasteiger partial charge on any atom is 0.374 e. The summed E-state index contributed by atoms with van der Waals surface area (Å²) in [5, 5.41) is 4.98. The third-order valence-electron chi connectivity index (χ3n) is 2.68. The Morgan fingerprint density at radius 1 is 1.14 bits per heavy atom. The van der Waals surface area contributed by atoms with Gasteiger partial charge in [-0.05, 0) is 43.3 Å². The Kier molecular flexibility index (Phi) is 4.84. The molecular formula is C14H15NO6S. The molecular weight excluding hydrogens is 310 g/mol. The fourth-order valence-electron chi connectivity index (χ4n) is 1.63. The maximum absolute atomic E-state index is 11.6. The molecule has 118 valence electrons. The van der Waals surface area contributed by atoms with Crippen LogP contribution in [0.25, 0.3) is 0 Å². The van der Waals surface area contributed by atoms with Gasteiger partial charge >= 0.3 is 5.97 Å². The number of hydrogen-bond donors (Lipinski definition) is 1. The number of furan rings is 1. The molecule has 2 N–H and O–H groups in total. The van der Waals surface area contributed by atoms with Crippen LogP contribution in [0, 0.1) is 6.92 Å². The third kappa shape index (κ3) is 4.34. The van der Waals surface area contributed by atoms with Crippen molar-refractivity contribution in [3.05, 3.63) is 47.9 Å². The van der Waals surface area contributed by atoms with E-state index in [1.54, 1.807) is 13.0 Å². The van der Waals surface area contributed by atoms with Crippen molar-refractivity contribution in [3.63, 3.8) is 0 Å². The zero-order valence-electron chi connectivity index (χ0n) is 11.8. The molecule has 0 saturated heterocycles. The van der Waals surface area contributed by atoms with Crippen molar-refractivity contribution in [2.24, 2.45) is 5.14 Å². The van der Waals surface area contributed by atoms with E-state index in [-0.39, 0.29) is 23.9 Å². The van der Waals surface area contributed by atoms with Crippen molar-refractivity contribution >= 4 is 16.0 Å². The summed E-state index contributed by atoms with van der Waals surface area (Å²) in [6.07, 6.45) is 0. The first-order valence-corrected chi connectivity index (χ1v) is 7.90. The number of nitrogens with two attached hydrogens (primary N) is 1. The maximum atomic E-state index is 11.6. The molecule has 0 bridgehead atoms. The number of carbonyl (C=O) groups is 1. The molecule has 7 nitrogen and oxygen atoms in total. The van der Waals surface area contributed by atoms with Gasteiger partial charge in [0, 0.05) is 0 Å². The third-order valence-corrected chi connectivity index (χ3v) is 3.61. The SMILES string of the molecule is Cc1ccc(C(=O)OCCOc2ccc(S(N)(=O)=O)cc2)o1. The minimum atomic E-state index is -3.72. The first-order chi connectivity index (χ1) is 10.4. The van der Waals surface area contributed by atoms with E-state index in [4.69, 9.17) is 19.0 Å². The van der Waals surface area contributed by atoms with Gasteiger partial charge in [-0.1, -0.05) is 0 Å². The van der Waals surface area contributed by atoms with Gasteiger partial charge in [-0.2, -0.15) is 0 Å². The van der Waals surface area contributed by atoms with Gasteiger partial charge in [0.1, 0.15) is 24.7 Å². The first-order valence-electron chi connectivity index (χ1n) is 6.35. The molecule has 22 heavy (non-hydrogen) atoms. The molecule has 1 aromatic carbocycles. The molecule has 0 spiro atoms. The second-order valence-corrected chi connectivity index (χ2v) is 5.97. The summed E-state index contributed by atoms with van der Waals surface area (Å²) in [7, 11) is -3.72. The van der Waals surface area contributed by atoms with Crippen LogP contribution in [-0.4, -0.2) is 27.6 Å². The van der Waals surface area contributed by atoms with E-state index in [1.165, 1.54) is 30.3 Å². The fourth-order valence-corrected chi connectivity index (χ4v) is 2.15. The van der Waals surface area contributed by atoms with E-state index in [2.05, 4.69) is 0 Å². The van der Waals surface area contributed by atoms with Gasteiger partial charge in [-0.3, -0.25) is 0 Å². The molecule has 0 radical (unpaired) electrons. The van der Waals surface area contributed by atoms with Crippen molar-refractivity contribution in [2.45, 2.75) is 11.8 Å². The van der Waals surface area contributed by atoms with Crippen LogP contribution in [0.2, 0.25) is 0 Å². The number of hydrogen-bond acceptors (Lipinski definition) is 6. The highest BCUT2D eigenvalue weighted by Gasteiger charge is 2.11. The number of primary sulfonamides is 1. The molecule has 0 fully saturated rings. The van der Waals surface area contributed by atoms with Gasteiger partial charge in [0.05, 0.1) is 4.90 Å². The van der Waals surface area contributed by atoms with Crippen LogP contribution in [0.1, 0.15) is 16.3 Å². The number of rotatable bonds is 6. The Morgan fingerprint density at radius 2 is 1.82 bits per heavy atom. The topological polar surface area (TPSA) is 109 Å². The Balaban J connectivity index is 1.78. The van der Waals surface area contributed by atoms with Crippen LogP contribution < -0.4 is 9.88 Å². The second-order valence-electron chi connectivity index (χ2n) is 4.41. The van der Waals surface area contributed by atoms with Gasteiger partial charge in [0.15, 0.2) is 0 Å². The van der Waals surface area contributed by atoms with Gasteiger partial charge in [0.25, 0.3) is 0 Å². The number of aryl methyl sites for hydroxylation is 1. The molecule has 1 aromatic heterocycles. The summed E-state index contributed by atoms with van der Waals surface area (Å²) >= 11 is 0. The molecule has 0 saturated carbocycles. The van der Waals surface area contributed by atoms with Crippen molar-refractivity contribution in [1.82, 2.24) is 0 Å². The number of ether oxygens (including phenoxy) is 2. The summed E-state index contributed by atoms with van der Waals surface area (Å²) in [6, 6.07) is 8.81. The lowest BCUT2D eigenvalue weighted by molar-refractivity contribution is 0.0413. The summed E-state index contributed by atoms with van der Waals surface area (Å²) in [5.74, 6) is 0.631. The Labute approximate surface area is 127 Å². The predicted molar refractivity (Wildman–Crippen MR) is 77.0 cm³/mol. The molecule has 8 heteroatoms. The summed E-state index contributed by atoms with van der Waals surface area (Å²) in [5.41, 5.74) is 0. The molecule has 0 unspecified atom stereocenters. The molecule has 1 heterocycles. The van der Waals surface area contributed by atoms with Crippen molar-refractivity contribution in [1.29, 1.82) is 0 Å². The zero-order chi connectivity index (χ0) is 16.2. The highest BCUT2D eigenvalue weighted by atomic mass is 32.2. The van der Waals surface area contributed by atoms with Crippen LogP contribution in [0.15, 0.2) is 45.7 Å². The second kappa shape index (κ2) is 6.63. The fraction of sp³-hybridized carbons (Fsp3) is 0.214. The zero-order valence-corrected chi connectivity index (χ0v) is 12.6. The lowest BCUT2D eigenvalue weighted by Gasteiger charge is -2.07. The Bertz CT molecular complexity index is 748. The lowest BCUT2D eigenvalue weighted by atomic mass is 10.3. The predicted octanol–water partition coefficient (Wildman–Crippen LogP) is 1.47. The highest BCUT2D eigenvalue weighted by molar-refractivity contribution is 7.89. The minimum absolute atomic E-state index is 0.000494. The van der Waals surface area contributed by atoms with E-state index < -0.39 is 16.0 Å². The van der Waals surface area contributed by atoms with Crippen LogP contribution in [0.5, 0.6) is 5.75 Å². The van der Waals surface area contributed by atoms with E-state index >= 15 is 0 Å². The number of sulfonamides is 1. The van der Waals surface area contributed by atoms with Crippen molar-refractivity contribution in [2.75, 3.05) is 13.2 Å². The highest BCUT2D eigenvalue weighted by Crippen LogP contribution is 2.14. The van der Waals surface area contributed by atoms with Crippen LogP contribution >= 0.6 is 0 Å². The van der Waals surface area contributed by atoms with Crippen LogP contribution in [0.4, 0.5) is 0 Å². The van der Waals surface area contributed by atoms with E-state index in [0.717, 1.165) is 0 Å². The van der Waals surface area contributed by atoms with Gasteiger partial charge in [-0.25, -0.2) is 18.4 Å². The molecule has 0 aliphatic carbocycles. The average Bonchev–Trinajstić information content (AvgIpc) is 2.89. The monoisotopic (exact) mass is 325 g/mol. The first kappa shape index (κ1) is 16.1. The standard InChI is InChI=1S/C14H15NO6S/c1-10-2-7-13(21-10)14(16)20-9-8-19-11-3-5-12(6-4-11)22(15,17)18/h2-7H,8-9H2,1H3,(H2,15,17,18). The molecule has 2 rings (SSSR count). The summed E-state index contributed by atoms with van der Waals surface area (Å²) < 4.78 is 37.6. The normalized spacial score (nSPS) is 11.2. The Hall–Kier alpha value is -2.32.